The van der Waals surface area contributed by atoms with Gasteiger partial charge in [0.1, 0.15) is 0 Å². The SMILES string of the molecule is Cl.Cl.O=C(NCCC1CCCNC1)c1ccncc1. The molecule has 1 unspecified atom stereocenters. The molecule has 1 aromatic rings. The van der Waals surface area contributed by atoms with Gasteiger partial charge in [-0.15, -0.1) is 24.8 Å². The number of rotatable bonds is 4. The summed E-state index contributed by atoms with van der Waals surface area (Å²) in [6.07, 6.45) is 6.87. The van der Waals surface area contributed by atoms with Crippen molar-refractivity contribution in [3.8, 4) is 0 Å². The summed E-state index contributed by atoms with van der Waals surface area (Å²) < 4.78 is 0. The number of carbonyl (C=O) groups is 1. The molecule has 2 N–H and O–H groups in total. The third-order valence-electron chi connectivity index (χ3n) is 3.18. The van der Waals surface area contributed by atoms with Crippen molar-refractivity contribution >= 4 is 30.7 Å². The Balaban J connectivity index is 0.00000162. The number of aromatic nitrogens is 1. The molecule has 108 valence electrons. The molecule has 1 aliphatic rings. The minimum atomic E-state index is -0.00355. The molecule has 6 heteroatoms. The highest BCUT2D eigenvalue weighted by atomic mass is 35.5. The molecule has 4 nitrogen and oxygen atoms in total. The number of pyridine rings is 1. The average Bonchev–Trinajstić information content (AvgIpc) is 2.41. The van der Waals surface area contributed by atoms with Gasteiger partial charge < -0.3 is 10.6 Å². The Hall–Kier alpha value is -0.840. The maximum atomic E-state index is 11.7. The highest BCUT2D eigenvalue weighted by Gasteiger charge is 2.13. The molecular weight excluding hydrogens is 285 g/mol. The standard InChI is InChI=1S/C13H19N3O.2ClH/c17-13(12-4-7-14-8-5-12)16-9-3-11-2-1-6-15-10-11;;/h4-5,7-8,11,15H,1-3,6,9-10H2,(H,16,17);2*1H. The van der Waals surface area contributed by atoms with Crippen molar-refractivity contribution < 1.29 is 4.79 Å². The van der Waals surface area contributed by atoms with Crippen LogP contribution in [0.5, 0.6) is 0 Å². The van der Waals surface area contributed by atoms with Gasteiger partial charge in [-0.3, -0.25) is 9.78 Å². The van der Waals surface area contributed by atoms with E-state index in [4.69, 9.17) is 0 Å². The monoisotopic (exact) mass is 305 g/mol. The van der Waals surface area contributed by atoms with Crippen LogP contribution in [-0.4, -0.2) is 30.5 Å². The van der Waals surface area contributed by atoms with Crippen LogP contribution in [0.25, 0.3) is 0 Å². The first-order valence-corrected chi connectivity index (χ1v) is 6.25. The lowest BCUT2D eigenvalue weighted by Gasteiger charge is -2.22. The molecule has 2 heterocycles. The van der Waals surface area contributed by atoms with E-state index >= 15 is 0 Å². The smallest absolute Gasteiger partial charge is 0.251 e. The summed E-state index contributed by atoms with van der Waals surface area (Å²) in [6, 6.07) is 3.47. The number of halogens is 2. The van der Waals surface area contributed by atoms with Gasteiger partial charge in [0.25, 0.3) is 5.91 Å². The molecule has 0 aliphatic carbocycles. The predicted octanol–water partition coefficient (Wildman–Crippen LogP) is 2.04. The number of hydrogen-bond acceptors (Lipinski definition) is 3. The van der Waals surface area contributed by atoms with Gasteiger partial charge >= 0.3 is 0 Å². The molecule has 0 aromatic carbocycles. The lowest BCUT2D eigenvalue weighted by Crippen LogP contribution is -2.33. The molecule has 1 aromatic heterocycles. The molecule has 0 radical (unpaired) electrons. The molecule has 0 spiro atoms. The zero-order valence-corrected chi connectivity index (χ0v) is 12.4. The largest absolute Gasteiger partial charge is 0.352 e. The molecule has 1 saturated heterocycles. The van der Waals surface area contributed by atoms with Crippen molar-refractivity contribution in [2.45, 2.75) is 19.3 Å². The van der Waals surface area contributed by atoms with Crippen molar-refractivity contribution in [1.29, 1.82) is 0 Å². The van der Waals surface area contributed by atoms with Crippen molar-refractivity contribution in [2.24, 2.45) is 5.92 Å². The third-order valence-corrected chi connectivity index (χ3v) is 3.18. The van der Waals surface area contributed by atoms with Gasteiger partial charge in [0.05, 0.1) is 0 Å². The molecule has 1 aliphatic heterocycles. The highest BCUT2D eigenvalue weighted by molar-refractivity contribution is 5.93. The zero-order chi connectivity index (χ0) is 11.9. The zero-order valence-electron chi connectivity index (χ0n) is 10.8. The highest BCUT2D eigenvalue weighted by Crippen LogP contribution is 2.12. The van der Waals surface area contributed by atoms with Crippen LogP contribution in [0.15, 0.2) is 24.5 Å². The van der Waals surface area contributed by atoms with Gasteiger partial charge in [-0.05, 0) is 50.4 Å². The Morgan fingerprint density at radius 3 is 2.74 bits per heavy atom. The topological polar surface area (TPSA) is 54.0 Å². The minimum Gasteiger partial charge on any atom is -0.352 e. The fourth-order valence-electron chi connectivity index (χ4n) is 2.17. The van der Waals surface area contributed by atoms with Crippen LogP contribution in [0.2, 0.25) is 0 Å². The molecule has 0 bridgehead atoms. The van der Waals surface area contributed by atoms with Crippen molar-refractivity contribution in [3.63, 3.8) is 0 Å². The van der Waals surface area contributed by atoms with Gasteiger partial charge in [0, 0.05) is 24.5 Å². The Labute approximate surface area is 126 Å². The van der Waals surface area contributed by atoms with Crippen LogP contribution in [0, 0.1) is 5.92 Å². The quantitative estimate of drug-likeness (QED) is 0.895. The third kappa shape index (κ3) is 6.23. The molecule has 19 heavy (non-hydrogen) atoms. The number of piperidine rings is 1. The summed E-state index contributed by atoms with van der Waals surface area (Å²) in [7, 11) is 0. The second-order valence-electron chi connectivity index (χ2n) is 4.49. The van der Waals surface area contributed by atoms with Gasteiger partial charge in [0.15, 0.2) is 0 Å². The van der Waals surface area contributed by atoms with Crippen LogP contribution in [0.1, 0.15) is 29.6 Å². The van der Waals surface area contributed by atoms with Crippen molar-refractivity contribution in [2.75, 3.05) is 19.6 Å². The number of nitrogens with zero attached hydrogens (tertiary/aromatic N) is 1. The molecule has 1 atom stereocenters. The maximum Gasteiger partial charge on any atom is 0.251 e. The van der Waals surface area contributed by atoms with E-state index in [0.29, 0.717) is 11.5 Å². The summed E-state index contributed by atoms with van der Waals surface area (Å²) in [5.74, 6) is 0.706. The van der Waals surface area contributed by atoms with E-state index in [1.54, 1.807) is 24.5 Å². The van der Waals surface area contributed by atoms with Gasteiger partial charge in [-0.2, -0.15) is 0 Å². The Bertz CT molecular complexity index is 356. The van der Waals surface area contributed by atoms with E-state index in [1.807, 2.05) is 0 Å². The summed E-state index contributed by atoms with van der Waals surface area (Å²) in [5.41, 5.74) is 0.682. The first-order valence-electron chi connectivity index (χ1n) is 6.25. The molecular formula is C13H21Cl2N3O. The fourth-order valence-corrected chi connectivity index (χ4v) is 2.17. The van der Waals surface area contributed by atoms with Crippen molar-refractivity contribution in [1.82, 2.24) is 15.6 Å². The number of carbonyl (C=O) groups excluding carboxylic acids is 1. The van der Waals surface area contributed by atoms with E-state index in [-0.39, 0.29) is 30.7 Å². The van der Waals surface area contributed by atoms with E-state index in [0.717, 1.165) is 26.1 Å². The first kappa shape index (κ1) is 18.2. The Morgan fingerprint density at radius 1 is 1.37 bits per heavy atom. The predicted molar refractivity (Wildman–Crippen MR) is 81.3 cm³/mol. The second-order valence-corrected chi connectivity index (χ2v) is 4.49. The van der Waals surface area contributed by atoms with Crippen LogP contribution >= 0.6 is 24.8 Å². The first-order chi connectivity index (χ1) is 8.36. The lowest BCUT2D eigenvalue weighted by atomic mass is 9.96. The summed E-state index contributed by atoms with van der Waals surface area (Å²) in [6.45, 7) is 2.98. The van der Waals surface area contributed by atoms with Gasteiger partial charge in [0.2, 0.25) is 0 Å². The van der Waals surface area contributed by atoms with Gasteiger partial charge in [-0.25, -0.2) is 0 Å². The minimum absolute atomic E-state index is 0. The Kier molecular flexibility index (Phi) is 9.57. The fraction of sp³-hybridized carbons (Fsp3) is 0.538. The van der Waals surface area contributed by atoms with Crippen LogP contribution in [-0.2, 0) is 0 Å². The van der Waals surface area contributed by atoms with Crippen molar-refractivity contribution in [3.05, 3.63) is 30.1 Å². The van der Waals surface area contributed by atoms with E-state index < -0.39 is 0 Å². The Morgan fingerprint density at radius 2 is 2.11 bits per heavy atom. The number of nitrogens with one attached hydrogen (secondary N) is 2. The van der Waals surface area contributed by atoms with E-state index in [9.17, 15) is 4.79 Å². The van der Waals surface area contributed by atoms with Crippen LogP contribution in [0.3, 0.4) is 0 Å². The van der Waals surface area contributed by atoms with E-state index in [2.05, 4.69) is 15.6 Å². The van der Waals surface area contributed by atoms with Gasteiger partial charge in [-0.1, -0.05) is 0 Å². The van der Waals surface area contributed by atoms with Crippen LogP contribution < -0.4 is 10.6 Å². The normalized spacial score (nSPS) is 17.8. The number of amides is 1. The number of hydrogen-bond donors (Lipinski definition) is 2. The van der Waals surface area contributed by atoms with E-state index in [1.165, 1.54) is 12.8 Å². The summed E-state index contributed by atoms with van der Waals surface area (Å²) in [4.78, 5) is 15.6. The average molecular weight is 306 g/mol. The second kappa shape index (κ2) is 10.0. The summed E-state index contributed by atoms with van der Waals surface area (Å²) in [5, 5.41) is 6.34. The van der Waals surface area contributed by atoms with Crippen LogP contribution in [0.4, 0.5) is 0 Å². The molecule has 0 saturated carbocycles. The molecule has 1 amide bonds. The summed E-state index contributed by atoms with van der Waals surface area (Å²) >= 11 is 0. The molecule has 1 fully saturated rings. The maximum absolute atomic E-state index is 11.7. The molecule has 2 rings (SSSR count). The lowest BCUT2D eigenvalue weighted by molar-refractivity contribution is 0.0950.